The topological polar surface area (TPSA) is 26.3 Å². The van der Waals surface area contributed by atoms with E-state index in [1.807, 2.05) is 24.3 Å². The third-order valence-corrected chi connectivity index (χ3v) is 4.83. The number of halogens is 1. The van der Waals surface area contributed by atoms with Gasteiger partial charge in [0.05, 0.1) is 0 Å². The Morgan fingerprint density at radius 3 is 1.88 bits per heavy atom. The number of hydrogen-bond acceptors (Lipinski definition) is 2. The lowest BCUT2D eigenvalue weighted by atomic mass is 10.1. The zero-order chi connectivity index (χ0) is 17.5. The Morgan fingerprint density at radius 1 is 0.833 bits per heavy atom. The molecule has 0 aliphatic carbocycles. The van der Waals surface area contributed by atoms with Gasteiger partial charge in [-0.25, -0.2) is 0 Å². The van der Waals surface area contributed by atoms with Crippen LogP contribution in [0.25, 0.3) is 0 Å². The zero-order valence-electron chi connectivity index (χ0n) is 15.2. The standard InChI is InChI=1S/C21H33BrO2/c1-2-3-4-5-6-7-8-9-10-11-12-13-21(23)24-18-19-14-16-20(22)17-15-19/h14-17H,2-13,18H2,1H3. The summed E-state index contributed by atoms with van der Waals surface area (Å²) in [5.41, 5.74) is 1.03. The molecule has 0 unspecified atom stereocenters. The highest BCUT2D eigenvalue weighted by molar-refractivity contribution is 9.10. The summed E-state index contributed by atoms with van der Waals surface area (Å²) in [5, 5.41) is 0. The number of benzene rings is 1. The largest absolute Gasteiger partial charge is 0.461 e. The first-order valence-corrected chi connectivity index (χ1v) is 10.4. The Bertz CT molecular complexity index is 428. The van der Waals surface area contributed by atoms with Crippen LogP contribution in [-0.2, 0) is 16.1 Å². The molecule has 1 rings (SSSR count). The summed E-state index contributed by atoms with van der Waals surface area (Å²) in [6.45, 7) is 2.64. The second-order valence-corrected chi connectivity index (χ2v) is 7.49. The summed E-state index contributed by atoms with van der Waals surface area (Å²) in [6.07, 6.45) is 14.8. The lowest BCUT2D eigenvalue weighted by molar-refractivity contribution is -0.145. The Kier molecular flexibility index (Phi) is 12.8. The lowest BCUT2D eigenvalue weighted by Gasteiger charge is -2.05. The van der Waals surface area contributed by atoms with Crippen LogP contribution >= 0.6 is 15.9 Å². The summed E-state index contributed by atoms with van der Waals surface area (Å²) >= 11 is 3.40. The SMILES string of the molecule is CCCCCCCCCCCCCC(=O)OCc1ccc(Br)cc1. The van der Waals surface area contributed by atoms with Crippen molar-refractivity contribution in [2.24, 2.45) is 0 Å². The molecule has 24 heavy (non-hydrogen) atoms. The first-order chi connectivity index (χ1) is 11.7. The molecule has 0 spiro atoms. The van der Waals surface area contributed by atoms with Crippen LogP contribution in [0.1, 0.15) is 89.5 Å². The van der Waals surface area contributed by atoms with Crippen LogP contribution in [0.3, 0.4) is 0 Å². The van der Waals surface area contributed by atoms with E-state index in [0.29, 0.717) is 13.0 Å². The molecule has 0 fully saturated rings. The van der Waals surface area contributed by atoms with Gasteiger partial charge in [-0.1, -0.05) is 99.2 Å². The molecule has 0 aromatic heterocycles. The predicted molar refractivity (Wildman–Crippen MR) is 105 cm³/mol. The van der Waals surface area contributed by atoms with Crippen molar-refractivity contribution in [1.82, 2.24) is 0 Å². The minimum Gasteiger partial charge on any atom is -0.461 e. The summed E-state index contributed by atoms with van der Waals surface area (Å²) in [5.74, 6) is -0.0751. The van der Waals surface area contributed by atoms with Gasteiger partial charge < -0.3 is 4.74 Å². The summed E-state index contributed by atoms with van der Waals surface area (Å²) < 4.78 is 6.35. The van der Waals surface area contributed by atoms with Gasteiger partial charge in [0, 0.05) is 10.9 Å². The fraction of sp³-hybridized carbons (Fsp3) is 0.667. The Labute approximate surface area is 156 Å². The van der Waals surface area contributed by atoms with Gasteiger partial charge in [0.25, 0.3) is 0 Å². The highest BCUT2D eigenvalue weighted by Gasteiger charge is 2.03. The average Bonchev–Trinajstić information content (AvgIpc) is 2.59. The maximum atomic E-state index is 11.7. The molecule has 0 saturated heterocycles. The van der Waals surface area contributed by atoms with Crippen molar-refractivity contribution in [1.29, 1.82) is 0 Å². The fourth-order valence-corrected chi connectivity index (χ4v) is 3.01. The van der Waals surface area contributed by atoms with Crippen LogP contribution in [-0.4, -0.2) is 5.97 Å². The van der Waals surface area contributed by atoms with Crippen molar-refractivity contribution < 1.29 is 9.53 Å². The summed E-state index contributed by atoms with van der Waals surface area (Å²) in [4.78, 5) is 11.7. The third-order valence-electron chi connectivity index (χ3n) is 4.30. The van der Waals surface area contributed by atoms with E-state index in [1.165, 1.54) is 57.8 Å². The summed E-state index contributed by atoms with van der Waals surface area (Å²) in [7, 11) is 0. The first-order valence-electron chi connectivity index (χ1n) is 9.62. The molecule has 1 aromatic carbocycles. The lowest BCUT2D eigenvalue weighted by Crippen LogP contribution is -2.04. The van der Waals surface area contributed by atoms with Crippen molar-refractivity contribution in [2.75, 3.05) is 0 Å². The molecule has 0 N–H and O–H groups in total. The maximum Gasteiger partial charge on any atom is 0.306 e. The molecular weight excluding hydrogens is 364 g/mol. The van der Waals surface area contributed by atoms with Crippen molar-refractivity contribution >= 4 is 21.9 Å². The quantitative estimate of drug-likeness (QED) is 0.245. The average molecular weight is 397 g/mol. The Hall–Kier alpha value is -0.830. The molecule has 0 atom stereocenters. The number of ether oxygens (including phenoxy) is 1. The third kappa shape index (κ3) is 11.7. The van der Waals surface area contributed by atoms with E-state index in [9.17, 15) is 4.79 Å². The van der Waals surface area contributed by atoms with E-state index in [0.717, 1.165) is 22.9 Å². The van der Waals surface area contributed by atoms with Gasteiger partial charge in [-0.2, -0.15) is 0 Å². The van der Waals surface area contributed by atoms with Gasteiger partial charge in [0.1, 0.15) is 6.61 Å². The maximum absolute atomic E-state index is 11.7. The van der Waals surface area contributed by atoms with Crippen molar-refractivity contribution in [3.8, 4) is 0 Å². The molecule has 0 radical (unpaired) electrons. The second kappa shape index (κ2) is 14.5. The number of rotatable bonds is 14. The Morgan fingerprint density at radius 2 is 1.33 bits per heavy atom. The van der Waals surface area contributed by atoms with Crippen LogP contribution in [0, 0.1) is 0 Å². The molecular formula is C21H33BrO2. The van der Waals surface area contributed by atoms with E-state index in [4.69, 9.17) is 4.74 Å². The molecule has 0 aliphatic rings. The predicted octanol–water partition coefficient (Wildman–Crippen LogP) is 7.19. The van der Waals surface area contributed by atoms with Gasteiger partial charge in [0.2, 0.25) is 0 Å². The van der Waals surface area contributed by atoms with Gasteiger partial charge >= 0.3 is 5.97 Å². The van der Waals surface area contributed by atoms with Gasteiger partial charge in [-0.3, -0.25) is 4.79 Å². The molecule has 0 amide bonds. The van der Waals surface area contributed by atoms with Crippen molar-refractivity contribution in [3.05, 3.63) is 34.3 Å². The molecule has 0 aliphatic heterocycles. The second-order valence-electron chi connectivity index (χ2n) is 6.57. The number of carbonyl (C=O) groups excluding carboxylic acids is 1. The highest BCUT2D eigenvalue weighted by atomic mass is 79.9. The zero-order valence-corrected chi connectivity index (χ0v) is 16.8. The minimum atomic E-state index is -0.0751. The van der Waals surface area contributed by atoms with E-state index in [-0.39, 0.29) is 5.97 Å². The van der Waals surface area contributed by atoms with Gasteiger partial charge in [-0.05, 0) is 24.1 Å². The van der Waals surface area contributed by atoms with Crippen LogP contribution in [0.2, 0.25) is 0 Å². The molecule has 0 bridgehead atoms. The van der Waals surface area contributed by atoms with Crippen molar-refractivity contribution in [2.45, 2.75) is 90.6 Å². The van der Waals surface area contributed by atoms with Crippen LogP contribution in [0.5, 0.6) is 0 Å². The van der Waals surface area contributed by atoms with Crippen LogP contribution < -0.4 is 0 Å². The number of esters is 1. The monoisotopic (exact) mass is 396 g/mol. The summed E-state index contributed by atoms with van der Waals surface area (Å²) in [6, 6.07) is 7.87. The molecule has 1 aromatic rings. The van der Waals surface area contributed by atoms with Crippen molar-refractivity contribution in [3.63, 3.8) is 0 Å². The highest BCUT2D eigenvalue weighted by Crippen LogP contribution is 2.13. The first kappa shape index (κ1) is 21.2. The molecule has 3 heteroatoms. The van der Waals surface area contributed by atoms with E-state index in [2.05, 4.69) is 22.9 Å². The molecule has 136 valence electrons. The Balaban J connectivity index is 1.88. The van der Waals surface area contributed by atoms with Gasteiger partial charge in [0.15, 0.2) is 0 Å². The fourth-order valence-electron chi connectivity index (χ4n) is 2.75. The van der Waals surface area contributed by atoms with E-state index >= 15 is 0 Å². The molecule has 0 heterocycles. The van der Waals surface area contributed by atoms with Crippen LogP contribution in [0.4, 0.5) is 0 Å². The number of unbranched alkanes of at least 4 members (excludes halogenated alkanes) is 10. The number of carbonyl (C=O) groups is 1. The normalized spacial score (nSPS) is 10.8. The van der Waals surface area contributed by atoms with E-state index < -0.39 is 0 Å². The smallest absolute Gasteiger partial charge is 0.306 e. The molecule has 0 saturated carbocycles. The minimum absolute atomic E-state index is 0.0751. The van der Waals surface area contributed by atoms with Crippen LogP contribution in [0.15, 0.2) is 28.7 Å². The number of hydrogen-bond donors (Lipinski definition) is 0. The van der Waals surface area contributed by atoms with Gasteiger partial charge in [-0.15, -0.1) is 0 Å². The van der Waals surface area contributed by atoms with E-state index in [1.54, 1.807) is 0 Å². The molecule has 2 nitrogen and oxygen atoms in total.